The predicted octanol–water partition coefficient (Wildman–Crippen LogP) is 3.68. The molecule has 32 heavy (non-hydrogen) atoms. The van der Waals surface area contributed by atoms with Gasteiger partial charge in [0.15, 0.2) is 11.6 Å². The van der Waals surface area contributed by atoms with Crippen LogP contribution < -0.4 is 10.2 Å². The van der Waals surface area contributed by atoms with E-state index in [0.717, 1.165) is 59.1 Å². The highest BCUT2D eigenvalue weighted by molar-refractivity contribution is 6.02. The Morgan fingerprint density at radius 2 is 1.91 bits per heavy atom. The van der Waals surface area contributed by atoms with Crippen LogP contribution in [0.4, 0.5) is 11.5 Å². The molecule has 0 radical (unpaired) electrons. The number of hydrogen-bond donors (Lipinski definition) is 1. The van der Waals surface area contributed by atoms with Crippen LogP contribution in [0.25, 0.3) is 16.7 Å². The Kier molecular flexibility index (Phi) is 5.26. The molecule has 0 saturated carbocycles. The summed E-state index contributed by atoms with van der Waals surface area (Å²) in [5, 5.41) is 12.9. The van der Waals surface area contributed by atoms with Gasteiger partial charge in [0.2, 0.25) is 5.91 Å². The number of rotatable bonds is 4. The summed E-state index contributed by atoms with van der Waals surface area (Å²) in [5.74, 6) is 2.29. The molecular weight excluding hydrogens is 402 g/mol. The van der Waals surface area contributed by atoms with Crippen LogP contribution in [0.5, 0.6) is 0 Å². The number of pyridine rings is 1. The van der Waals surface area contributed by atoms with Gasteiger partial charge in [0.05, 0.1) is 17.1 Å². The highest BCUT2D eigenvalue weighted by Crippen LogP contribution is 2.26. The molecule has 0 spiro atoms. The van der Waals surface area contributed by atoms with Crippen molar-refractivity contribution in [1.82, 2.24) is 24.7 Å². The minimum Gasteiger partial charge on any atom is -0.354 e. The Morgan fingerprint density at radius 1 is 1.09 bits per heavy atom. The molecule has 5 rings (SSSR count). The SMILES string of the molecule is Cc1cc(NC(=O)C2CCCN(c3ccc(-n4ccnc4C)nn3)C2)c2ccccc2n1. The van der Waals surface area contributed by atoms with Crippen LogP contribution in [-0.4, -0.2) is 43.7 Å². The lowest BCUT2D eigenvalue weighted by atomic mass is 9.97. The summed E-state index contributed by atoms with van der Waals surface area (Å²) < 4.78 is 1.89. The minimum atomic E-state index is -0.117. The largest absolute Gasteiger partial charge is 0.354 e. The van der Waals surface area contributed by atoms with Crippen LogP contribution in [0.2, 0.25) is 0 Å². The average molecular weight is 428 g/mol. The number of carbonyl (C=O) groups excluding carboxylic acids is 1. The lowest BCUT2D eigenvalue weighted by Gasteiger charge is -2.32. The number of nitrogens with zero attached hydrogens (tertiary/aromatic N) is 6. The maximum Gasteiger partial charge on any atom is 0.229 e. The first-order valence-electron chi connectivity index (χ1n) is 10.8. The van der Waals surface area contributed by atoms with E-state index in [2.05, 4.69) is 30.4 Å². The zero-order chi connectivity index (χ0) is 22.1. The fourth-order valence-electron chi connectivity index (χ4n) is 4.28. The number of amides is 1. The van der Waals surface area contributed by atoms with Gasteiger partial charge in [0, 0.05) is 36.6 Å². The molecule has 4 heterocycles. The summed E-state index contributed by atoms with van der Waals surface area (Å²) in [6.45, 7) is 5.35. The van der Waals surface area contributed by atoms with Crippen molar-refractivity contribution in [3.05, 3.63) is 66.4 Å². The molecule has 0 bridgehead atoms. The maximum atomic E-state index is 13.1. The zero-order valence-corrected chi connectivity index (χ0v) is 18.2. The van der Waals surface area contributed by atoms with Gasteiger partial charge < -0.3 is 10.2 Å². The number of anilines is 2. The van der Waals surface area contributed by atoms with Crippen molar-refractivity contribution in [1.29, 1.82) is 0 Å². The van der Waals surface area contributed by atoms with Crippen LogP contribution in [0.15, 0.2) is 54.9 Å². The second-order valence-corrected chi connectivity index (χ2v) is 8.20. The fourth-order valence-corrected chi connectivity index (χ4v) is 4.28. The predicted molar refractivity (Wildman–Crippen MR) is 124 cm³/mol. The molecule has 8 nitrogen and oxygen atoms in total. The van der Waals surface area contributed by atoms with Crippen molar-refractivity contribution in [3.8, 4) is 5.82 Å². The van der Waals surface area contributed by atoms with Gasteiger partial charge in [-0.3, -0.25) is 14.3 Å². The molecule has 1 aliphatic heterocycles. The van der Waals surface area contributed by atoms with E-state index in [-0.39, 0.29) is 11.8 Å². The Labute approximate surface area is 186 Å². The van der Waals surface area contributed by atoms with E-state index in [9.17, 15) is 4.79 Å². The summed E-state index contributed by atoms with van der Waals surface area (Å²) in [4.78, 5) is 24.1. The summed E-state index contributed by atoms with van der Waals surface area (Å²) in [6, 6.07) is 13.7. The number of benzene rings is 1. The second-order valence-electron chi connectivity index (χ2n) is 8.20. The van der Waals surface area contributed by atoms with E-state index in [1.807, 2.05) is 67.1 Å². The number of aryl methyl sites for hydroxylation is 2. The van der Waals surface area contributed by atoms with Crippen LogP contribution in [-0.2, 0) is 4.79 Å². The number of para-hydroxylation sites is 1. The quantitative estimate of drug-likeness (QED) is 0.534. The normalized spacial score (nSPS) is 16.3. The molecule has 1 aliphatic rings. The highest BCUT2D eigenvalue weighted by atomic mass is 16.1. The van der Waals surface area contributed by atoms with E-state index in [1.165, 1.54) is 0 Å². The van der Waals surface area contributed by atoms with Gasteiger partial charge in [-0.25, -0.2) is 4.98 Å². The van der Waals surface area contributed by atoms with Crippen LogP contribution in [0, 0.1) is 19.8 Å². The van der Waals surface area contributed by atoms with Crippen molar-refractivity contribution >= 4 is 28.3 Å². The Balaban J connectivity index is 1.31. The Hall–Kier alpha value is -3.81. The summed E-state index contributed by atoms with van der Waals surface area (Å²) in [5.41, 5.74) is 2.58. The van der Waals surface area contributed by atoms with Gasteiger partial charge in [-0.2, -0.15) is 0 Å². The van der Waals surface area contributed by atoms with Gasteiger partial charge in [-0.05, 0) is 51.0 Å². The van der Waals surface area contributed by atoms with E-state index in [4.69, 9.17) is 0 Å². The first kappa shape index (κ1) is 20.1. The standard InChI is InChI=1S/C24H25N7O/c1-16-14-21(19-7-3-4-8-20(19)26-16)27-24(32)18-6-5-12-30(15-18)22-9-10-23(29-28-22)31-13-11-25-17(31)2/h3-4,7-11,13-14,18H,5-6,12,15H2,1-2H3,(H,26,27,32). The number of imidazole rings is 1. The molecular formula is C24H25N7O. The van der Waals surface area contributed by atoms with Crippen molar-refractivity contribution in [2.24, 2.45) is 5.92 Å². The lowest BCUT2D eigenvalue weighted by molar-refractivity contribution is -0.120. The zero-order valence-electron chi connectivity index (χ0n) is 18.2. The van der Waals surface area contributed by atoms with Gasteiger partial charge in [-0.1, -0.05) is 18.2 Å². The van der Waals surface area contributed by atoms with E-state index < -0.39 is 0 Å². The minimum absolute atomic E-state index is 0.0315. The number of piperidine rings is 1. The number of fused-ring (bicyclic) bond motifs is 1. The van der Waals surface area contributed by atoms with Gasteiger partial charge >= 0.3 is 0 Å². The summed E-state index contributed by atoms with van der Waals surface area (Å²) >= 11 is 0. The molecule has 1 aromatic carbocycles. The third-order valence-corrected chi connectivity index (χ3v) is 5.93. The summed E-state index contributed by atoms with van der Waals surface area (Å²) in [7, 11) is 0. The smallest absolute Gasteiger partial charge is 0.229 e. The average Bonchev–Trinajstić information content (AvgIpc) is 3.25. The number of carbonyl (C=O) groups is 1. The van der Waals surface area contributed by atoms with Gasteiger partial charge in [-0.15, -0.1) is 10.2 Å². The third-order valence-electron chi connectivity index (χ3n) is 5.93. The molecule has 1 N–H and O–H groups in total. The monoisotopic (exact) mass is 427 g/mol. The number of nitrogens with one attached hydrogen (secondary N) is 1. The molecule has 162 valence electrons. The van der Waals surface area contributed by atoms with Crippen molar-refractivity contribution in [2.45, 2.75) is 26.7 Å². The van der Waals surface area contributed by atoms with Gasteiger partial charge in [0.1, 0.15) is 5.82 Å². The van der Waals surface area contributed by atoms with E-state index >= 15 is 0 Å². The van der Waals surface area contributed by atoms with Crippen LogP contribution >= 0.6 is 0 Å². The molecule has 8 heteroatoms. The molecule has 1 saturated heterocycles. The highest BCUT2D eigenvalue weighted by Gasteiger charge is 2.27. The van der Waals surface area contributed by atoms with Gasteiger partial charge in [0.25, 0.3) is 0 Å². The third kappa shape index (κ3) is 3.91. The molecule has 1 amide bonds. The Bertz CT molecular complexity index is 1270. The van der Waals surface area contributed by atoms with Crippen LogP contribution in [0.1, 0.15) is 24.4 Å². The fraction of sp³-hybridized carbons (Fsp3) is 0.292. The first-order valence-corrected chi connectivity index (χ1v) is 10.8. The molecule has 0 aliphatic carbocycles. The molecule has 4 aromatic rings. The van der Waals surface area contributed by atoms with Crippen molar-refractivity contribution < 1.29 is 4.79 Å². The lowest BCUT2D eigenvalue weighted by Crippen LogP contribution is -2.41. The molecule has 1 fully saturated rings. The van der Waals surface area contributed by atoms with E-state index in [0.29, 0.717) is 6.54 Å². The number of hydrogen-bond acceptors (Lipinski definition) is 6. The Morgan fingerprint density at radius 3 is 2.69 bits per heavy atom. The molecule has 1 atom stereocenters. The topological polar surface area (TPSA) is 88.8 Å². The number of aromatic nitrogens is 5. The first-order chi connectivity index (χ1) is 15.6. The summed E-state index contributed by atoms with van der Waals surface area (Å²) in [6.07, 6.45) is 5.39. The van der Waals surface area contributed by atoms with Crippen molar-refractivity contribution in [3.63, 3.8) is 0 Å². The van der Waals surface area contributed by atoms with E-state index in [1.54, 1.807) is 6.20 Å². The molecule has 1 unspecified atom stereocenters. The van der Waals surface area contributed by atoms with Crippen LogP contribution in [0.3, 0.4) is 0 Å². The maximum absolute atomic E-state index is 13.1. The molecule has 3 aromatic heterocycles. The second kappa shape index (κ2) is 8.37. The van der Waals surface area contributed by atoms with Crippen molar-refractivity contribution in [2.75, 3.05) is 23.3 Å².